The average molecular weight is 256 g/mol. The molecule has 1 aliphatic heterocycles. The molecular formula is C13H18ClNO2. The highest BCUT2D eigenvalue weighted by atomic mass is 35.5. The molecule has 17 heavy (non-hydrogen) atoms. The van der Waals surface area contributed by atoms with Gasteiger partial charge in [-0.25, -0.2) is 0 Å². The lowest BCUT2D eigenvalue weighted by molar-refractivity contribution is 0.0608. The molecule has 0 aromatic heterocycles. The lowest BCUT2D eigenvalue weighted by Gasteiger charge is -2.18. The van der Waals surface area contributed by atoms with Gasteiger partial charge in [0, 0.05) is 12.5 Å². The zero-order valence-corrected chi connectivity index (χ0v) is 10.7. The van der Waals surface area contributed by atoms with Crippen LogP contribution in [0.4, 0.5) is 0 Å². The van der Waals surface area contributed by atoms with Crippen molar-refractivity contribution in [2.45, 2.75) is 12.5 Å². The highest BCUT2D eigenvalue weighted by Gasteiger charge is 2.26. The van der Waals surface area contributed by atoms with Crippen LogP contribution in [0.1, 0.15) is 6.42 Å². The Morgan fingerprint density at radius 3 is 2.94 bits per heavy atom. The van der Waals surface area contributed by atoms with Crippen LogP contribution in [-0.4, -0.2) is 42.9 Å². The molecular weight excluding hydrogens is 238 g/mol. The summed E-state index contributed by atoms with van der Waals surface area (Å²) >= 11 is 5.98. The summed E-state index contributed by atoms with van der Waals surface area (Å²) in [6.07, 6.45) is 0.611. The van der Waals surface area contributed by atoms with Crippen molar-refractivity contribution in [2.24, 2.45) is 5.92 Å². The Morgan fingerprint density at radius 2 is 2.29 bits per heavy atom. The molecule has 94 valence electrons. The lowest BCUT2D eigenvalue weighted by atomic mass is 10.0. The number of aliphatic hydroxyl groups is 1. The van der Waals surface area contributed by atoms with Crippen LogP contribution in [0, 0.1) is 5.92 Å². The van der Waals surface area contributed by atoms with Crippen molar-refractivity contribution in [1.82, 2.24) is 4.90 Å². The van der Waals surface area contributed by atoms with Gasteiger partial charge in [0.25, 0.3) is 0 Å². The van der Waals surface area contributed by atoms with Gasteiger partial charge < -0.3 is 14.7 Å². The maximum atomic E-state index is 10.0. The summed E-state index contributed by atoms with van der Waals surface area (Å²) in [5.41, 5.74) is 0. The minimum absolute atomic E-state index is 0.308. The largest absolute Gasteiger partial charge is 0.489 e. The van der Waals surface area contributed by atoms with Crippen molar-refractivity contribution in [3.8, 4) is 5.75 Å². The molecule has 1 heterocycles. The van der Waals surface area contributed by atoms with Gasteiger partial charge in [0.2, 0.25) is 0 Å². The van der Waals surface area contributed by atoms with Gasteiger partial charge in [-0.15, -0.1) is 0 Å². The van der Waals surface area contributed by atoms with E-state index in [0.717, 1.165) is 19.5 Å². The summed E-state index contributed by atoms with van der Waals surface area (Å²) in [6.45, 7) is 2.29. The molecule has 0 spiro atoms. The van der Waals surface area contributed by atoms with Gasteiger partial charge in [0.1, 0.15) is 12.4 Å². The number of aliphatic hydroxyl groups excluding tert-OH is 1. The third-order valence-electron chi connectivity index (χ3n) is 3.22. The summed E-state index contributed by atoms with van der Waals surface area (Å²) in [4.78, 5) is 2.23. The molecule has 0 aliphatic carbocycles. The fourth-order valence-corrected chi connectivity index (χ4v) is 2.35. The number of halogens is 1. The molecule has 1 aliphatic rings. The van der Waals surface area contributed by atoms with E-state index < -0.39 is 6.10 Å². The van der Waals surface area contributed by atoms with E-state index in [0.29, 0.717) is 23.3 Å². The first-order chi connectivity index (χ1) is 8.16. The van der Waals surface area contributed by atoms with E-state index in [1.165, 1.54) is 0 Å². The second-order valence-electron chi connectivity index (χ2n) is 4.62. The highest BCUT2D eigenvalue weighted by molar-refractivity contribution is 6.32. The van der Waals surface area contributed by atoms with Crippen LogP contribution < -0.4 is 4.74 Å². The quantitative estimate of drug-likeness (QED) is 0.894. The van der Waals surface area contributed by atoms with Gasteiger partial charge >= 0.3 is 0 Å². The number of likely N-dealkylation sites (tertiary alicyclic amines) is 1. The molecule has 0 saturated carbocycles. The third-order valence-corrected chi connectivity index (χ3v) is 3.53. The summed E-state index contributed by atoms with van der Waals surface area (Å²) in [6, 6.07) is 7.33. The molecule has 2 atom stereocenters. The molecule has 0 radical (unpaired) electrons. The number of hydrogen-bond acceptors (Lipinski definition) is 3. The topological polar surface area (TPSA) is 32.7 Å². The molecule has 2 rings (SSSR count). The Balaban J connectivity index is 1.84. The predicted molar refractivity (Wildman–Crippen MR) is 68.6 cm³/mol. The normalized spacial score (nSPS) is 22.6. The summed E-state index contributed by atoms with van der Waals surface area (Å²) in [5, 5.41) is 10.6. The van der Waals surface area contributed by atoms with Crippen molar-refractivity contribution >= 4 is 11.6 Å². The smallest absolute Gasteiger partial charge is 0.138 e. The molecule has 4 heteroatoms. The Morgan fingerprint density at radius 1 is 1.53 bits per heavy atom. The molecule has 0 amide bonds. The number of para-hydroxylation sites is 1. The molecule has 1 aromatic rings. The molecule has 1 fully saturated rings. The minimum atomic E-state index is -0.420. The van der Waals surface area contributed by atoms with Gasteiger partial charge in [0.15, 0.2) is 0 Å². The van der Waals surface area contributed by atoms with Gasteiger partial charge in [0.05, 0.1) is 11.1 Å². The lowest BCUT2D eigenvalue weighted by Crippen LogP contribution is -2.29. The van der Waals surface area contributed by atoms with Crippen LogP contribution in [0.25, 0.3) is 0 Å². The zero-order valence-electron chi connectivity index (χ0n) is 9.97. The van der Waals surface area contributed by atoms with Crippen LogP contribution in [0.2, 0.25) is 5.02 Å². The van der Waals surface area contributed by atoms with Crippen molar-refractivity contribution in [3.05, 3.63) is 29.3 Å². The standard InChI is InChI=1S/C13H18ClNO2/c1-15-7-6-10(8-15)12(16)9-17-13-5-3-2-4-11(13)14/h2-5,10,12,16H,6-9H2,1H3. The summed E-state index contributed by atoms with van der Waals surface area (Å²) in [5.74, 6) is 0.946. The van der Waals surface area contributed by atoms with Gasteiger partial charge in [-0.05, 0) is 32.1 Å². The van der Waals surface area contributed by atoms with Crippen molar-refractivity contribution in [1.29, 1.82) is 0 Å². The fraction of sp³-hybridized carbons (Fsp3) is 0.538. The van der Waals surface area contributed by atoms with E-state index in [2.05, 4.69) is 11.9 Å². The maximum absolute atomic E-state index is 10.0. The maximum Gasteiger partial charge on any atom is 0.138 e. The van der Waals surface area contributed by atoms with Crippen molar-refractivity contribution < 1.29 is 9.84 Å². The second kappa shape index (κ2) is 5.71. The number of benzene rings is 1. The number of nitrogens with zero attached hydrogens (tertiary/aromatic N) is 1. The number of ether oxygens (including phenoxy) is 1. The Labute approximate surface area is 107 Å². The zero-order chi connectivity index (χ0) is 12.3. The van der Waals surface area contributed by atoms with Gasteiger partial charge in [-0.3, -0.25) is 0 Å². The van der Waals surface area contributed by atoms with E-state index in [4.69, 9.17) is 16.3 Å². The van der Waals surface area contributed by atoms with Gasteiger partial charge in [-0.2, -0.15) is 0 Å². The van der Waals surface area contributed by atoms with Crippen molar-refractivity contribution in [2.75, 3.05) is 26.7 Å². The van der Waals surface area contributed by atoms with E-state index in [9.17, 15) is 5.11 Å². The summed E-state index contributed by atoms with van der Waals surface area (Å²) < 4.78 is 5.55. The second-order valence-corrected chi connectivity index (χ2v) is 5.03. The first-order valence-corrected chi connectivity index (χ1v) is 6.28. The Hall–Kier alpha value is -0.770. The molecule has 0 bridgehead atoms. The molecule has 1 saturated heterocycles. The number of rotatable bonds is 4. The van der Waals surface area contributed by atoms with E-state index in [1.807, 2.05) is 18.2 Å². The van der Waals surface area contributed by atoms with Crippen LogP contribution in [0.15, 0.2) is 24.3 Å². The molecule has 3 nitrogen and oxygen atoms in total. The van der Waals surface area contributed by atoms with E-state index in [-0.39, 0.29) is 0 Å². The highest BCUT2D eigenvalue weighted by Crippen LogP contribution is 2.24. The first-order valence-electron chi connectivity index (χ1n) is 5.91. The first kappa shape index (κ1) is 12.7. The number of hydrogen-bond donors (Lipinski definition) is 1. The molecule has 2 unspecified atom stereocenters. The Kier molecular flexibility index (Phi) is 4.26. The van der Waals surface area contributed by atoms with Crippen LogP contribution in [-0.2, 0) is 0 Å². The monoisotopic (exact) mass is 255 g/mol. The summed E-state index contributed by atoms with van der Waals surface area (Å²) in [7, 11) is 2.07. The molecule has 1 N–H and O–H groups in total. The average Bonchev–Trinajstić information content (AvgIpc) is 2.74. The predicted octanol–water partition coefficient (Wildman–Crippen LogP) is 2.03. The van der Waals surface area contributed by atoms with Crippen LogP contribution in [0.3, 0.4) is 0 Å². The van der Waals surface area contributed by atoms with Crippen molar-refractivity contribution in [3.63, 3.8) is 0 Å². The fourth-order valence-electron chi connectivity index (χ4n) is 2.16. The Bertz CT molecular complexity index is 372. The van der Waals surface area contributed by atoms with Crippen LogP contribution in [0.5, 0.6) is 5.75 Å². The van der Waals surface area contributed by atoms with Gasteiger partial charge in [-0.1, -0.05) is 23.7 Å². The third kappa shape index (κ3) is 3.35. The molecule has 1 aromatic carbocycles. The SMILES string of the molecule is CN1CCC(C(O)COc2ccccc2Cl)C1. The minimum Gasteiger partial charge on any atom is -0.489 e. The van der Waals surface area contributed by atoms with E-state index in [1.54, 1.807) is 6.07 Å². The van der Waals surface area contributed by atoms with E-state index >= 15 is 0 Å². The van der Waals surface area contributed by atoms with Crippen LogP contribution >= 0.6 is 11.6 Å².